The number of benzene rings is 1. The van der Waals surface area contributed by atoms with Crippen molar-refractivity contribution in [3.63, 3.8) is 0 Å². The number of methoxy groups -OCH3 is 1. The van der Waals surface area contributed by atoms with Crippen molar-refractivity contribution in [2.45, 2.75) is 13.3 Å². The van der Waals surface area contributed by atoms with Crippen molar-refractivity contribution in [1.29, 1.82) is 0 Å². The van der Waals surface area contributed by atoms with E-state index in [9.17, 15) is 4.79 Å². The van der Waals surface area contributed by atoms with Crippen molar-refractivity contribution >= 4 is 22.2 Å². The van der Waals surface area contributed by atoms with Crippen LogP contribution < -0.4 is 4.74 Å². The van der Waals surface area contributed by atoms with E-state index >= 15 is 0 Å². The predicted molar refractivity (Wildman–Crippen MR) is 55.2 cm³/mol. The molecule has 1 aromatic rings. The second-order valence-electron chi connectivity index (χ2n) is 2.79. The fraction of sp³-hybridized carbons (Fsp3) is 0.300. The minimum absolute atomic E-state index is 0.392. The van der Waals surface area contributed by atoms with Crippen LogP contribution in [0.15, 0.2) is 16.6 Å². The highest BCUT2D eigenvalue weighted by atomic mass is 79.9. The van der Waals surface area contributed by atoms with Crippen molar-refractivity contribution < 1.29 is 9.53 Å². The first-order chi connectivity index (χ1) is 6.19. The van der Waals surface area contributed by atoms with Gasteiger partial charge in [0.2, 0.25) is 0 Å². The van der Waals surface area contributed by atoms with Crippen LogP contribution in [0.1, 0.15) is 11.1 Å². The maximum Gasteiger partial charge on any atom is 0.125 e. The van der Waals surface area contributed by atoms with Crippen LogP contribution in [0.4, 0.5) is 0 Å². The molecule has 0 aliphatic heterocycles. The standard InChI is InChI=1S/C10H11BrO2/c1-7-5-9(11)6-8(3-4-12)10(7)13-2/h4-6H,3H2,1-2H3. The van der Waals surface area contributed by atoms with E-state index in [0.29, 0.717) is 6.42 Å². The lowest BCUT2D eigenvalue weighted by Crippen LogP contribution is -1.95. The van der Waals surface area contributed by atoms with Crippen LogP contribution in [0.3, 0.4) is 0 Å². The fourth-order valence-corrected chi connectivity index (χ4v) is 1.95. The smallest absolute Gasteiger partial charge is 0.125 e. The topological polar surface area (TPSA) is 26.3 Å². The minimum atomic E-state index is 0.392. The third-order valence-corrected chi connectivity index (χ3v) is 2.28. The molecule has 2 nitrogen and oxygen atoms in total. The number of aldehydes is 1. The van der Waals surface area contributed by atoms with Gasteiger partial charge in [0.15, 0.2) is 0 Å². The Hall–Kier alpha value is -0.830. The van der Waals surface area contributed by atoms with Gasteiger partial charge in [0.05, 0.1) is 7.11 Å². The highest BCUT2D eigenvalue weighted by molar-refractivity contribution is 9.10. The number of ether oxygens (including phenoxy) is 1. The Bertz CT molecular complexity index is 321. The van der Waals surface area contributed by atoms with Crippen LogP contribution in [0.5, 0.6) is 5.75 Å². The number of rotatable bonds is 3. The molecule has 0 aliphatic carbocycles. The highest BCUT2D eigenvalue weighted by Crippen LogP contribution is 2.27. The number of hydrogen-bond acceptors (Lipinski definition) is 2. The molecule has 0 radical (unpaired) electrons. The maximum absolute atomic E-state index is 10.4. The summed E-state index contributed by atoms with van der Waals surface area (Å²) in [6.07, 6.45) is 1.27. The van der Waals surface area contributed by atoms with Crippen LogP contribution in [0.25, 0.3) is 0 Å². The summed E-state index contributed by atoms with van der Waals surface area (Å²) in [5.41, 5.74) is 1.96. The Kier molecular flexibility index (Phi) is 3.48. The van der Waals surface area contributed by atoms with E-state index in [1.807, 2.05) is 19.1 Å². The first-order valence-electron chi connectivity index (χ1n) is 3.95. The molecule has 0 aliphatic rings. The molecule has 0 saturated carbocycles. The summed E-state index contributed by atoms with van der Waals surface area (Å²) < 4.78 is 6.18. The lowest BCUT2D eigenvalue weighted by molar-refractivity contribution is -0.107. The van der Waals surface area contributed by atoms with Crippen molar-refractivity contribution in [2.75, 3.05) is 7.11 Å². The normalized spacial score (nSPS) is 9.77. The summed E-state index contributed by atoms with van der Waals surface area (Å²) in [6, 6.07) is 3.87. The summed E-state index contributed by atoms with van der Waals surface area (Å²) in [7, 11) is 1.62. The summed E-state index contributed by atoms with van der Waals surface area (Å²) in [5, 5.41) is 0. The van der Waals surface area contributed by atoms with Gasteiger partial charge in [-0.1, -0.05) is 15.9 Å². The van der Waals surface area contributed by atoms with E-state index in [2.05, 4.69) is 15.9 Å². The molecule has 0 atom stereocenters. The first-order valence-corrected chi connectivity index (χ1v) is 4.75. The molecule has 13 heavy (non-hydrogen) atoms. The number of hydrogen-bond donors (Lipinski definition) is 0. The molecule has 0 spiro atoms. The lowest BCUT2D eigenvalue weighted by atomic mass is 10.1. The van der Waals surface area contributed by atoms with Crippen molar-refractivity contribution in [3.05, 3.63) is 27.7 Å². The molecular formula is C10H11BrO2. The van der Waals surface area contributed by atoms with Crippen LogP contribution in [-0.2, 0) is 11.2 Å². The zero-order valence-electron chi connectivity index (χ0n) is 7.63. The van der Waals surface area contributed by atoms with Gasteiger partial charge in [-0.25, -0.2) is 0 Å². The van der Waals surface area contributed by atoms with E-state index < -0.39 is 0 Å². The van der Waals surface area contributed by atoms with Crippen LogP contribution in [0.2, 0.25) is 0 Å². The molecule has 70 valence electrons. The Morgan fingerprint density at radius 2 is 2.23 bits per heavy atom. The van der Waals surface area contributed by atoms with E-state index in [1.54, 1.807) is 7.11 Å². The Balaban J connectivity index is 3.20. The van der Waals surface area contributed by atoms with Crippen molar-refractivity contribution in [3.8, 4) is 5.75 Å². The average Bonchev–Trinajstić information content (AvgIpc) is 2.04. The monoisotopic (exact) mass is 242 g/mol. The molecule has 1 aromatic carbocycles. The van der Waals surface area contributed by atoms with Gasteiger partial charge in [-0.2, -0.15) is 0 Å². The van der Waals surface area contributed by atoms with E-state index in [-0.39, 0.29) is 0 Å². The quantitative estimate of drug-likeness (QED) is 0.762. The number of carbonyl (C=O) groups is 1. The molecule has 0 heterocycles. The second kappa shape index (κ2) is 4.42. The van der Waals surface area contributed by atoms with Gasteiger partial charge in [0, 0.05) is 16.5 Å². The van der Waals surface area contributed by atoms with Crippen LogP contribution in [-0.4, -0.2) is 13.4 Å². The van der Waals surface area contributed by atoms with Gasteiger partial charge in [-0.05, 0) is 24.6 Å². The highest BCUT2D eigenvalue weighted by Gasteiger charge is 2.06. The van der Waals surface area contributed by atoms with Crippen LogP contribution >= 0.6 is 15.9 Å². The molecule has 0 saturated heterocycles. The summed E-state index contributed by atoms with van der Waals surface area (Å²) in [5.74, 6) is 0.801. The molecular weight excluding hydrogens is 232 g/mol. The SMILES string of the molecule is COc1c(C)cc(Br)cc1CC=O. The zero-order valence-corrected chi connectivity index (χ0v) is 9.22. The Morgan fingerprint density at radius 3 is 2.77 bits per heavy atom. The molecule has 3 heteroatoms. The molecule has 0 N–H and O–H groups in total. The Morgan fingerprint density at radius 1 is 1.54 bits per heavy atom. The summed E-state index contributed by atoms with van der Waals surface area (Å²) in [6.45, 7) is 1.96. The third-order valence-electron chi connectivity index (χ3n) is 1.82. The van der Waals surface area contributed by atoms with E-state index in [4.69, 9.17) is 4.74 Å². The van der Waals surface area contributed by atoms with E-state index in [0.717, 1.165) is 27.6 Å². The summed E-state index contributed by atoms with van der Waals surface area (Å²) in [4.78, 5) is 10.4. The zero-order chi connectivity index (χ0) is 9.84. The second-order valence-corrected chi connectivity index (χ2v) is 3.70. The number of aryl methyl sites for hydroxylation is 1. The van der Waals surface area contributed by atoms with E-state index in [1.165, 1.54) is 0 Å². The van der Waals surface area contributed by atoms with Crippen LogP contribution in [0, 0.1) is 6.92 Å². The van der Waals surface area contributed by atoms with Gasteiger partial charge < -0.3 is 9.53 Å². The average molecular weight is 243 g/mol. The maximum atomic E-state index is 10.4. The molecule has 0 bridgehead atoms. The third kappa shape index (κ3) is 2.31. The number of carbonyl (C=O) groups excluding carboxylic acids is 1. The molecule has 0 amide bonds. The summed E-state index contributed by atoms with van der Waals surface area (Å²) >= 11 is 3.37. The minimum Gasteiger partial charge on any atom is -0.496 e. The first kappa shape index (κ1) is 10.3. The predicted octanol–water partition coefficient (Wildman–Crippen LogP) is 2.51. The largest absolute Gasteiger partial charge is 0.496 e. The molecule has 0 fully saturated rings. The van der Waals surface area contributed by atoms with Crippen molar-refractivity contribution in [2.24, 2.45) is 0 Å². The van der Waals surface area contributed by atoms with Gasteiger partial charge >= 0.3 is 0 Å². The Labute approximate surface area is 86.0 Å². The lowest BCUT2D eigenvalue weighted by Gasteiger charge is -2.09. The fourth-order valence-electron chi connectivity index (χ4n) is 1.33. The van der Waals surface area contributed by atoms with Gasteiger partial charge in [-0.3, -0.25) is 0 Å². The molecule has 0 aromatic heterocycles. The molecule has 1 rings (SSSR count). The van der Waals surface area contributed by atoms with Crippen molar-refractivity contribution in [1.82, 2.24) is 0 Å². The molecule has 0 unspecified atom stereocenters. The van der Waals surface area contributed by atoms with Gasteiger partial charge in [0.25, 0.3) is 0 Å². The number of halogens is 1. The van der Waals surface area contributed by atoms with Gasteiger partial charge in [-0.15, -0.1) is 0 Å². The van der Waals surface area contributed by atoms with Gasteiger partial charge in [0.1, 0.15) is 12.0 Å².